The van der Waals surface area contributed by atoms with Crippen LogP contribution in [0.4, 0.5) is 5.82 Å². The zero-order valence-electron chi connectivity index (χ0n) is 14.9. The minimum absolute atomic E-state index is 0.0627. The molecule has 0 radical (unpaired) electrons. The van der Waals surface area contributed by atoms with Crippen molar-refractivity contribution in [3.05, 3.63) is 41.1 Å². The summed E-state index contributed by atoms with van der Waals surface area (Å²) in [6.07, 6.45) is 4.08. The maximum atomic E-state index is 12.2. The molecule has 0 aromatic carbocycles. The summed E-state index contributed by atoms with van der Waals surface area (Å²) in [4.78, 5) is 22.9. The Bertz CT molecular complexity index is 850. The maximum absolute atomic E-state index is 12.2. The first-order chi connectivity index (χ1) is 11.9. The van der Waals surface area contributed by atoms with Crippen LogP contribution in [0.25, 0.3) is 0 Å². The fourth-order valence-corrected chi connectivity index (χ4v) is 3.51. The lowest BCUT2D eigenvalue weighted by molar-refractivity contribution is -0.127. The summed E-state index contributed by atoms with van der Waals surface area (Å²) in [7, 11) is 3.75. The van der Waals surface area contributed by atoms with E-state index in [1.165, 1.54) is 0 Å². The molecule has 2 atom stereocenters. The number of anilines is 1. The van der Waals surface area contributed by atoms with Crippen molar-refractivity contribution in [3.63, 3.8) is 0 Å². The van der Waals surface area contributed by atoms with Gasteiger partial charge in [0, 0.05) is 51.1 Å². The number of hydrogen-bond donors (Lipinski definition) is 1. The Labute approximate surface area is 147 Å². The van der Waals surface area contributed by atoms with Gasteiger partial charge in [-0.2, -0.15) is 5.26 Å². The molecule has 1 aliphatic heterocycles. The van der Waals surface area contributed by atoms with Crippen molar-refractivity contribution >= 4 is 11.7 Å². The smallest absolute Gasteiger partial charge is 0.223 e. The molecule has 1 N–H and O–H groups in total. The number of likely N-dealkylation sites (tertiary alicyclic amines) is 1. The number of carbonyl (C=O) groups excluding carboxylic acids is 1. The van der Waals surface area contributed by atoms with E-state index in [0.717, 1.165) is 17.1 Å². The highest BCUT2D eigenvalue weighted by Gasteiger charge is 2.40. The lowest BCUT2D eigenvalue weighted by Gasteiger charge is -2.25. The van der Waals surface area contributed by atoms with Crippen LogP contribution in [0.1, 0.15) is 35.1 Å². The fraction of sp³-hybridized carbons (Fsp3) is 0.444. The number of hydrogen-bond acceptors (Lipinski definition) is 5. The number of aryl methyl sites for hydroxylation is 3. The molecule has 1 saturated heterocycles. The van der Waals surface area contributed by atoms with E-state index in [0.29, 0.717) is 24.3 Å². The molecule has 25 heavy (non-hydrogen) atoms. The van der Waals surface area contributed by atoms with Crippen LogP contribution in [-0.2, 0) is 11.8 Å². The second-order valence-corrected chi connectivity index (χ2v) is 6.61. The van der Waals surface area contributed by atoms with Crippen LogP contribution in [0.15, 0.2) is 18.5 Å². The number of carbonyl (C=O) groups is 1. The SMILES string of the molecule is Cc1cc(C)c(C#N)c(NC[C@@H]2CC(=O)N(C)[C@H]2c2nccn2C)n1. The van der Waals surface area contributed by atoms with E-state index < -0.39 is 0 Å². The normalized spacial score (nSPS) is 20.0. The van der Waals surface area contributed by atoms with Crippen molar-refractivity contribution in [1.29, 1.82) is 5.26 Å². The molecule has 3 heterocycles. The third kappa shape index (κ3) is 3.07. The van der Waals surface area contributed by atoms with Crippen molar-refractivity contribution in [2.45, 2.75) is 26.3 Å². The second kappa shape index (κ2) is 6.55. The molecule has 0 bridgehead atoms. The first-order valence-corrected chi connectivity index (χ1v) is 8.27. The van der Waals surface area contributed by atoms with Crippen LogP contribution in [0.2, 0.25) is 0 Å². The van der Waals surface area contributed by atoms with Crippen molar-refractivity contribution in [1.82, 2.24) is 19.4 Å². The van der Waals surface area contributed by atoms with Gasteiger partial charge in [0.25, 0.3) is 0 Å². The predicted molar refractivity (Wildman–Crippen MR) is 93.7 cm³/mol. The van der Waals surface area contributed by atoms with Gasteiger partial charge in [-0.15, -0.1) is 0 Å². The number of nitriles is 1. The van der Waals surface area contributed by atoms with Gasteiger partial charge in [-0.25, -0.2) is 9.97 Å². The summed E-state index contributed by atoms with van der Waals surface area (Å²) >= 11 is 0. The third-order valence-electron chi connectivity index (χ3n) is 4.81. The minimum Gasteiger partial charge on any atom is -0.369 e. The summed E-state index contributed by atoms with van der Waals surface area (Å²) in [6, 6.07) is 4.02. The molecule has 1 fully saturated rings. The van der Waals surface area contributed by atoms with Crippen LogP contribution < -0.4 is 5.32 Å². The van der Waals surface area contributed by atoms with Gasteiger partial charge in [0.05, 0.1) is 11.6 Å². The van der Waals surface area contributed by atoms with Crippen LogP contribution in [0.5, 0.6) is 0 Å². The van der Waals surface area contributed by atoms with Crippen LogP contribution in [0, 0.1) is 31.1 Å². The summed E-state index contributed by atoms with van der Waals surface area (Å²) in [5.41, 5.74) is 2.31. The van der Waals surface area contributed by atoms with Gasteiger partial charge in [0.1, 0.15) is 17.7 Å². The molecule has 0 aliphatic carbocycles. The van der Waals surface area contributed by atoms with Gasteiger partial charge in [-0.3, -0.25) is 4.79 Å². The van der Waals surface area contributed by atoms with Crippen LogP contribution in [0.3, 0.4) is 0 Å². The zero-order valence-corrected chi connectivity index (χ0v) is 14.9. The van der Waals surface area contributed by atoms with Gasteiger partial charge >= 0.3 is 0 Å². The molecule has 3 rings (SSSR count). The molecule has 0 unspecified atom stereocenters. The highest BCUT2D eigenvalue weighted by Crippen LogP contribution is 2.36. The van der Waals surface area contributed by atoms with Crippen molar-refractivity contribution < 1.29 is 4.79 Å². The minimum atomic E-state index is -0.0866. The zero-order chi connectivity index (χ0) is 18.1. The fourth-order valence-electron chi connectivity index (χ4n) is 3.51. The molecule has 0 spiro atoms. The van der Waals surface area contributed by atoms with Crippen molar-refractivity contribution in [2.24, 2.45) is 13.0 Å². The molecule has 0 saturated carbocycles. The Balaban J connectivity index is 1.84. The third-order valence-corrected chi connectivity index (χ3v) is 4.81. The van der Waals surface area contributed by atoms with Gasteiger partial charge < -0.3 is 14.8 Å². The lowest BCUT2D eigenvalue weighted by atomic mass is 9.99. The number of imidazole rings is 1. The molecule has 2 aromatic heterocycles. The molecule has 7 heteroatoms. The van der Waals surface area contributed by atoms with Gasteiger partial charge in [-0.05, 0) is 25.5 Å². The summed E-state index contributed by atoms with van der Waals surface area (Å²) < 4.78 is 1.95. The van der Waals surface area contributed by atoms with Crippen LogP contribution in [-0.4, -0.2) is 38.9 Å². The molecule has 130 valence electrons. The van der Waals surface area contributed by atoms with E-state index in [1.807, 2.05) is 44.8 Å². The summed E-state index contributed by atoms with van der Waals surface area (Å²) in [5, 5.41) is 12.7. The molecule has 1 aliphatic rings. The van der Waals surface area contributed by atoms with E-state index in [9.17, 15) is 10.1 Å². The highest BCUT2D eigenvalue weighted by atomic mass is 16.2. The molecular weight excluding hydrogens is 316 g/mol. The van der Waals surface area contributed by atoms with E-state index in [1.54, 1.807) is 11.1 Å². The first kappa shape index (κ1) is 17.0. The maximum Gasteiger partial charge on any atom is 0.223 e. The van der Waals surface area contributed by atoms with Crippen molar-refractivity contribution in [2.75, 3.05) is 18.9 Å². The number of aromatic nitrogens is 3. The molecule has 7 nitrogen and oxygen atoms in total. The quantitative estimate of drug-likeness (QED) is 0.920. The Morgan fingerprint density at radius 2 is 2.16 bits per heavy atom. The molecule has 1 amide bonds. The monoisotopic (exact) mass is 338 g/mol. The van der Waals surface area contributed by atoms with Gasteiger partial charge in [0.15, 0.2) is 0 Å². The van der Waals surface area contributed by atoms with E-state index in [-0.39, 0.29) is 17.9 Å². The van der Waals surface area contributed by atoms with E-state index in [2.05, 4.69) is 21.4 Å². The van der Waals surface area contributed by atoms with E-state index in [4.69, 9.17) is 0 Å². The Morgan fingerprint density at radius 3 is 2.80 bits per heavy atom. The van der Waals surface area contributed by atoms with E-state index >= 15 is 0 Å². The van der Waals surface area contributed by atoms with Crippen LogP contribution >= 0.6 is 0 Å². The Hall–Kier alpha value is -2.88. The lowest BCUT2D eigenvalue weighted by Crippen LogP contribution is -2.29. The van der Waals surface area contributed by atoms with Gasteiger partial charge in [-0.1, -0.05) is 0 Å². The predicted octanol–water partition coefficient (Wildman–Crippen LogP) is 1.94. The average molecular weight is 338 g/mol. The summed E-state index contributed by atoms with van der Waals surface area (Å²) in [5.74, 6) is 1.62. The summed E-state index contributed by atoms with van der Waals surface area (Å²) in [6.45, 7) is 4.36. The average Bonchev–Trinajstić information content (AvgIpc) is 3.08. The topological polar surface area (TPSA) is 86.8 Å². The first-order valence-electron chi connectivity index (χ1n) is 8.27. The molecule has 2 aromatic rings. The standard InChI is InChI=1S/C18H22N6O/c1-11-7-12(2)22-17(14(11)9-19)21-10-13-8-15(25)24(4)16(13)18-20-5-6-23(18)3/h5-7,13,16H,8,10H2,1-4H3,(H,21,22)/t13-,16+/m0/s1. The number of rotatable bonds is 4. The van der Waals surface area contributed by atoms with Gasteiger partial charge in [0.2, 0.25) is 5.91 Å². The number of pyridine rings is 1. The number of nitrogens with zero attached hydrogens (tertiary/aromatic N) is 5. The number of amides is 1. The largest absolute Gasteiger partial charge is 0.369 e. The number of nitrogens with one attached hydrogen (secondary N) is 1. The Morgan fingerprint density at radius 1 is 1.40 bits per heavy atom. The van der Waals surface area contributed by atoms with Crippen molar-refractivity contribution in [3.8, 4) is 6.07 Å². The highest BCUT2D eigenvalue weighted by molar-refractivity contribution is 5.79. The second-order valence-electron chi connectivity index (χ2n) is 6.61. The molecular formula is C18H22N6O. The Kier molecular flexibility index (Phi) is 4.45.